The number of halogens is 2. The molecule has 0 aliphatic rings. The van der Waals surface area contributed by atoms with Crippen LogP contribution in [0.5, 0.6) is 11.5 Å². The molecular formula is C22H15ClFNO3. The predicted octanol–water partition coefficient (Wildman–Crippen LogP) is 5.97. The fourth-order valence-corrected chi connectivity index (χ4v) is 3.33. The zero-order valence-electron chi connectivity index (χ0n) is 14.6. The zero-order valence-corrected chi connectivity index (χ0v) is 15.4. The third-order valence-corrected chi connectivity index (χ3v) is 4.63. The minimum Gasteiger partial charge on any atom is -0.476 e. The molecule has 0 saturated heterocycles. The van der Waals surface area contributed by atoms with Crippen LogP contribution in [0, 0.1) is 5.82 Å². The van der Waals surface area contributed by atoms with E-state index in [-0.39, 0.29) is 23.8 Å². The van der Waals surface area contributed by atoms with Crippen molar-refractivity contribution >= 4 is 28.5 Å². The number of benzene rings is 3. The van der Waals surface area contributed by atoms with Crippen molar-refractivity contribution in [2.45, 2.75) is 6.54 Å². The number of rotatable bonds is 5. The molecule has 6 heteroatoms. The lowest BCUT2D eigenvalue weighted by Crippen LogP contribution is -2.10. The Bertz CT molecular complexity index is 1150. The Kier molecular flexibility index (Phi) is 4.75. The third-order valence-electron chi connectivity index (χ3n) is 4.40. The fraction of sp³-hybridized carbons (Fsp3) is 0.0455. The number of nitrogens with zero attached hydrogens (tertiary/aromatic N) is 1. The van der Waals surface area contributed by atoms with Gasteiger partial charge in [0.05, 0.1) is 5.52 Å². The lowest BCUT2D eigenvalue weighted by molar-refractivity contribution is 0.0683. The molecule has 140 valence electrons. The van der Waals surface area contributed by atoms with Gasteiger partial charge < -0.3 is 14.4 Å². The lowest BCUT2D eigenvalue weighted by Gasteiger charge is -2.10. The first kappa shape index (κ1) is 18.1. The van der Waals surface area contributed by atoms with Gasteiger partial charge in [-0.25, -0.2) is 9.18 Å². The first-order valence-electron chi connectivity index (χ1n) is 8.55. The number of carboxylic acid groups (broad SMARTS) is 1. The Morgan fingerprint density at radius 1 is 1.04 bits per heavy atom. The minimum atomic E-state index is -1.12. The molecule has 4 rings (SSSR count). The molecule has 0 radical (unpaired) electrons. The molecule has 0 amide bonds. The molecule has 0 fully saturated rings. The van der Waals surface area contributed by atoms with Crippen molar-refractivity contribution in [2.24, 2.45) is 0 Å². The van der Waals surface area contributed by atoms with Crippen LogP contribution in [0.1, 0.15) is 16.1 Å². The van der Waals surface area contributed by atoms with Crippen molar-refractivity contribution in [2.75, 3.05) is 0 Å². The van der Waals surface area contributed by atoms with Gasteiger partial charge in [0.15, 0.2) is 11.4 Å². The third kappa shape index (κ3) is 3.44. The Balaban J connectivity index is 1.91. The van der Waals surface area contributed by atoms with Crippen LogP contribution >= 0.6 is 11.6 Å². The lowest BCUT2D eigenvalue weighted by atomic mass is 10.2. The predicted molar refractivity (Wildman–Crippen MR) is 106 cm³/mol. The van der Waals surface area contributed by atoms with Gasteiger partial charge in [-0.15, -0.1) is 0 Å². The molecule has 4 nitrogen and oxygen atoms in total. The molecule has 0 aliphatic heterocycles. The normalized spacial score (nSPS) is 10.9. The number of para-hydroxylation sites is 1. The molecule has 0 bridgehead atoms. The molecule has 0 saturated carbocycles. The van der Waals surface area contributed by atoms with Gasteiger partial charge in [0.1, 0.15) is 11.6 Å². The Morgan fingerprint density at radius 3 is 2.43 bits per heavy atom. The number of hydrogen-bond donors (Lipinski definition) is 1. The van der Waals surface area contributed by atoms with Gasteiger partial charge in [0, 0.05) is 17.0 Å². The molecule has 0 spiro atoms. The second kappa shape index (κ2) is 7.37. The summed E-state index contributed by atoms with van der Waals surface area (Å²) >= 11 is 6.16. The van der Waals surface area contributed by atoms with E-state index in [2.05, 4.69) is 0 Å². The van der Waals surface area contributed by atoms with E-state index < -0.39 is 5.97 Å². The molecule has 0 aliphatic carbocycles. The highest BCUT2D eigenvalue weighted by molar-refractivity contribution is 6.31. The van der Waals surface area contributed by atoms with Crippen LogP contribution in [0.4, 0.5) is 4.39 Å². The highest BCUT2D eigenvalue weighted by Gasteiger charge is 2.25. The Morgan fingerprint density at radius 2 is 1.75 bits per heavy atom. The first-order valence-corrected chi connectivity index (χ1v) is 8.93. The standard InChI is InChI=1S/C22H15ClFNO3/c23-15-8-11-19-18(12-15)21(28-17-4-2-1-3-5-17)20(22(26)27)25(19)13-14-6-9-16(24)10-7-14/h1-12H,13H2,(H,26,27). The monoisotopic (exact) mass is 395 g/mol. The fourth-order valence-electron chi connectivity index (χ4n) is 3.15. The van der Waals surface area contributed by atoms with E-state index in [9.17, 15) is 14.3 Å². The van der Waals surface area contributed by atoms with Crippen molar-refractivity contribution in [3.63, 3.8) is 0 Å². The van der Waals surface area contributed by atoms with Gasteiger partial charge in [-0.1, -0.05) is 41.9 Å². The van der Waals surface area contributed by atoms with Crippen molar-refractivity contribution in [1.82, 2.24) is 4.57 Å². The summed E-state index contributed by atoms with van der Waals surface area (Å²) in [5.41, 5.74) is 1.43. The molecule has 3 aromatic carbocycles. The molecule has 0 unspecified atom stereocenters. The largest absolute Gasteiger partial charge is 0.476 e. The van der Waals surface area contributed by atoms with Gasteiger partial charge in [-0.2, -0.15) is 0 Å². The summed E-state index contributed by atoms with van der Waals surface area (Å²) in [6.07, 6.45) is 0. The zero-order chi connectivity index (χ0) is 19.7. The number of aromatic nitrogens is 1. The van der Waals surface area contributed by atoms with E-state index >= 15 is 0 Å². The van der Waals surface area contributed by atoms with Crippen LogP contribution in [-0.2, 0) is 6.54 Å². The van der Waals surface area contributed by atoms with Gasteiger partial charge in [0.25, 0.3) is 0 Å². The molecule has 1 N–H and O–H groups in total. The van der Waals surface area contributed by atoms with Gasteiger partial charge in [-0.05, 0) is 48.0 Å². The second-order valence-corrected chi connectivity index (χ2v) is 6.71. The highest BCUT2D eigenvalue weighted by atomic mass is 35.5. The van der Waals surface area contributed by atoms with Crippen LogP contribution in [-0.4, -0.2) is 15.6 Å². The molecule has 1 aromatic heterocycles. The minimum absolute atomic E-state index is 0.00504. The van der Waals surface area contributed by atoms with Crippen LogP contribution in [0.2, 0.25) is 5.02 Å². The van der Waals surface area contributed by atoms with Crippen LogP contribution in [0.15, 0.2) is 72.8 Å². The topological polar surface area (TPSA) is 51.5 Å². The Labute approximate surface area is 165 Å². The summed E-state index contributed by atoms with van der Waals surface area (Å²) in [5, 5.41) is 11.0. The number of fused-ring (bicyclic) bond motifs is 1. The van der Waals surface area contributed by atoms with Gasteiger partial charge in [-0.3, -0.25) is 0 Å². The maximum atomic E-state index is 13.2. The first-order chi connectivity index (χ1) is 13.5. The second-order valence-electron chi connectivity index (χ2n) is 6.27. The molecular weight excluding hydrogens is 381 g/mol. The smallest absolute Gasteiger partial charge is 0.356 e. The Hall–Kier alpha value is -3.31. The van der Waals surface area contributed by atoms with Gasteiger partial charge in [0.2, 0.25) is 0 Å². The van der Waals surface area contributed by atoms with E-state index in [0.717, 1.165) is 5.56 Å². The highest BCUT2D eigenvalue weighted by Crippen LogP contribution is 2.38. The van der Waals surface area contributed by atoms with Crippen LogP contribution in [0.3, 0.4) is 0 Å². The maximum absolute atomic E-state index is 13.2. The summed E-state index contributed by atoms with van der Waals surface area (Å²) in [7, 11) is 0. The quantitative estimate of drug-likeness (QED) is 0.452. The van der Waals surface area contributed by atoms with Crippen molar-refractivity contribution < 1.29 is 19.0 Å². The van der Waals surface area contributed by atoms with Crippen LogP contribution in [0.25, 0.3) is 10.9 Å². The number of hydrogen-bond acceptors (Lipinski definition) is 2. The molecule has 0 atom stereocenters. The van der Waals surface area contributed by atoms with E-state index in [4.69, 9.17) is 16.3 Å². The van der Waals surface area contributed by atoms with E-state index in [0.29, 0.717) is 21.7 Å². The summed E-state index contributed by atoms with van der Waals surface area (Å²) in [5.74, 6) is -0.732. The van der Waals surface area contributed by atoms with Crippen molar-refractivity contribution in [1.29, 1.82) is 0 Å². The summed E-state index contributed by atoms with van der Waals surface area (Å²) in [6, 6.07) is 20.0. The number of aromatic carboxylic acids is 1. The summed E-state index contributed by atoms with van der Waals surface area (Å²) in [4.78, 5) is 12.1. The van der Waals surface area contributed by atoms with Gasteiger partial charge >= 0.3 is 5.97 Å². The van der Waals surface area contributed by atoms with E-state index in [1.807, 2.05) is 6.07 Å². The van der Waals surface area contributed by atoms with Crippen molar-refractivity contribution in [3.05, 3.63) is 94.9 Å². The number of ether oxygens (including phenoxy) is 1. The number of carboxylic acids is 1. The van der Waals surface area contributed by atoms with E-state index in [1.54, 1.807) is 59.2 Å². The molecule has 1 heterocycles. The number of carbonyl (C=O) groups is 1. The maximum Gasteiger partial charge on any atom is 0.356 e. The average molecular weight is 396 g/mol. The summed E-state index contributed by atoms with van der Waals surface area (Å²) in [6.45, 7) is 0.248. The van der Waals surface area contributed by atoms with Crippen LogP contribution < -0.4 is 4.74 Å². The summed E-state index contributed by atoms with van der Waals surface area (Å²) < 4.78 is 20.8. The molecule has 4 aromatic rings. The average Bonchev–Trinajstić information content (AvgIpc) is 2.97. The van der Waals surface area contributed by atoms with E-state index in [1.165, 1.54) is 12.1 Å². The molecule has 28 heavy (non-hydrogen) atoms. The SMILES string of the molecule is O=C(O)c1c(Oc2ccccc2)c2cc(Cl)ccc2n1Cc1ccc(F)cc1. The van der Waals surface area contributed by atoms with Crippen molar-refractivity contribution in [3.8, 4) is 11.5 Å².